The van der Waals surface area contributed by atoms with Gasteiger partial charge in [-0.1, -0.05) is 5.21 Å². The second kappa shape index (κ2) is 5.27. The molecular weight excluding hydrogens is 220 g/mol. The summed E-state index contributed by atoms with van der Waals surface area (Å²) in [5.41, 5.74) is 0.489. The minimum atomic E-state index is -0.346. The lowest BCUT2D eigenvalue weighted by Crippen LogP contribution is -2.39. The third-order valence-corrected chi connectivity index (χ3v) is 3.14. The molecule has 94 valence electrons. The van der Waals surface area contributed by atoms with Gasteiger partial charge >= 0.3 is 0 Å². The van der Waals surface area contributed by atoms with E-state index in [1.54, 1.807) is 6.20 Å². The van der Waals surface area contributed by atoms with Crippen LogP contribution in [0.3, 0.4) is 0 Å². The highest BCUT2D eigenvalue weighted by atomic mass is 16.3. The molecule has 1 N–H and O–H groups in total. The van der Waals surface area contributed by atoms with Crippen LogP contribution in [-0.4, -0.2) is 44.0 Å². The van der Waals surface area contributed by atoms with E-state index >= 15 is 0 Å². The molecule has 6 nitrogen and oxygen atoms in total. The molecule has 0 radical (unpaired) electrons. The van der Waals surface area contributed by atoms with Crippen LogP contribution in [0.15, 0.2) is 6.20 Å². The molecule has 6 heteroatoms. The number of piperidine rings is 1. The second-order valence-electron chi connectivity index (χ2n) is 4.41. The molecule has 2 rings (SSSR count). The molecule has 17 heavy (non-hydrogen) atoms. The van der Waals surface area contributed by atoms with Crippen molar-refractivity contribution in [1.29, 1.82) is 0 Å². The summed E-state index contributed by atoms with van der Waals surface area (Å²) < 4.78 is 1.52. The minimum absolute atomic E-state index is 0.0825. The Kier molecular flexibility index (Phi) is 3.73. The van der Waals surface area contributed by atoms with Gasteiger partial charge in [-0.2, -0.15) is 0 Å². The summed E-state index contributed by atoms with van der Waals surface area (Å²) in [5, 5.41) is 16.5. The Morgan fingerprint density at radius 1 is 1.47 bits per heavy atom. The van der Waals surface area contributed by atoms with E-state index in [9.17, 15) is 4.79 Å². The van der Waals surface area contributed by atoms with Gasteiger partial charge in [0.2, 0.25) is 5.91 Å². The topological polar surface area (TPSA) is 71.2 Å². The first-order chi connectivity index (χ1) is 8.22. The lowest BCUT2D eigenvalue weighted by molar-refractivity contribution is -0.135. The van der Waals surface area contributed by atoms with Gasteiger partial charge in [-0.15, -0.1) is 5.10 Å². The molecule has 1 amide bonds. The van der Waals surface area contributed by atoms with Gasteiger partial charge < -0.3 is 10.0 Å². The predicted molar refractivity (Wildman–Crippen MR) is 61.1 cm³/mol. The lowest BCUT2D eigenvalue weighted by atomic mass is 10.1. The molecule has 1 aliphatic heterocycles. The average molecular weight is 238 g/mol. The fraction of sp³-hybridized carbons (Fsp3) is 0.727. The first-order valence-corrected chi connectivity index (χ1v) is 6.02. The van der Waals surface area contributed by atoms with Crippen LogP contribution >= 0.6 is 0 Å². The van der Waals surface area contributed by atoms with Crippen molar-refractivity contribution in [2.75, 3.05) is 13.1 Å². The first-order valence-electron chi connectivity index (χ1n) is 6.02. The van der Waals surface area contributed by atoms with Crippen LogP contribution in [0.1, 0.15) is 37.9 Å². The minimum Gasteiger partial charge on any atom is -0.390 e. The lowest BCUT2D eigenvalue weighted by Gasteiger charge is -2.29. The Balaban J connectivity index is 2.02. The van der Waals surface area contributed by atoms with Gasteiger partial charge in [-0.25, -0.2) is 4.68 Å². The van der Waals surface area contributed by atoms with E-state index in [0.717, 1.165) is 25.9 Å². The van der Waals surface area contributed by atoms with E-state index in [2.05, 4.69) is 10.3 Å². The van der Waals surface area contributed by atoms with Gasteiger partial charge in [0.15, 0.2) is 0 Å². The molecule has 0 saturated carbocycles. The molecular formula is C11H18N4O2. The molecule has 1 aromatic rings. The normalized spacial score (nSPS) is 18.1. The van der Waals surface area contributed by atoms with Crippen LogP contribution in [0.2, 0.25) is 0 Å². The van der Waals surface area contributed by atoms with Crippen molar-refractivity contribution in [1.82, 2.24) is 19.9 Å². The van der Waals surface area contributed by atoms with E-state index in [1.165, 1.54) is 11.1 Å². The maximum absolute atomic E-state index is 12.2. The summed E-state index contributed by atoms with van der Waals surface area (Å²) in [7, 11) is 0. The monoisotopic (exact) mass is 238 g/mol. The summed E-state index contributed by atoms with van der Waals surface area (Å²) >= 11 is 0. The molecule has 1 unspecified atom stereocenters. The van der Waals surface area contributed by atoms with Crippen LogP contribution in [0.4, 0.5) is 0 Å². The number of carbonyl (C=O) groups excluding carboxylic acids is 1. The quantitative estimate of drug-likeness (QED) is 0.824. The van der Waals surface area contributed by atoms with E-state index in [0.29, 0.717) is 5.69 Å². The average Bonchev–Trinajstić information content (AvgIpc) is 2.87. The Morgan fingerprint density at radius 3 is 2.76 bits per heavy atom. The summed E-state index contributed by atoms with van der Waals surface area (Å²) in [6.07, 6.45) is 4.98. The van der Waals surface area contributed by atoms with Crippen LogP contribution < -0.4 is 0 Å². The molecule has 1 saturated heterocycles. The molecule has 2 heterocycles. The second-order valence-corrected chi connectivity index (χ2v) is 4.41. The zero-order chi connectivity index (χ0) is 12.3. The van der Waals surface area contributed by atoms with Gasteiger partial charge in [-0.05, 0) is 26.2 Å². The van der Waals surface area contributed by atoms with Gasteiger partial charge in [-0.3, -0.25) is 4.79 Å². The molecule has 1 aromatic heterocycles. The van der Waals surface area contributed by atoms with Crippen molar-refractivity contribution < 1.29 is 9.90 Å². The molecule has 0 spiro atoms. The van der Waals surface area contributed by atoms with Crippen molar-refractivity contribution in [2.45, 2.75) is 38.8 Å². The molecule has 0 bridgehead atoms. The largest absolute Gasteiger partial charge is 0.390 e. The zero-order valence-corrected chi connectivity index (χ0v) is 10.0. The third kappa shape index (κ3) is 2.63. The number of aliphatic hydroxyl groups excluding tert-OH is 1. The van der Waals surface area contributed by atoms with Crippen molar-refractivity contribution in [3.63, 3.8) is 0 Å². The van der Waals surface area contributed by atoms with Crippen molar-refractivity contribution >= 4 is 5.91 Å². The highest BCUT2D eigenvalue weighted by Crippen LogP contribution is 2.15. The highest BCUT2D eigenvalue weighted by Gasteiger charge is 2.24. The maximum atomic E-state index is 12.2. The first kappa shape index (κ1) is 12.0. The molecule has 0 aromatic carbocycles. The van der Waals surface area contributed by atoms with Gasteiger partial charge in [0.25, 0.3) is 0 Å². The number of hydrogen-bond acceptors (Lipinski definition) is 4. The number of carbonyl (C=O) groups is 1. The molecule has 1 fully saturated rings. The number of hydrogen-bond donors (Lipinski definition) is 1. The Hall–Kier alpha value is -1.43. The number of aliphatic hydroxyl groups is 1. The number of amides is 1. The van der Waals surface area contributed by atoms with E-state index in [-0.39, 0.29) is 18.6 Å². The van der Waals surface area contributed by atoms with Crippen LogP contribution in [0.25, 0.3) is 0 Å². The fourth-order valence-corrected chi connectivity index (χ4v) is 2.07. The zero-order valence-electron chi connectivity index (χ0n) is 10.0. The van der Waals surface area contributed by atoms with Gasteiger partial charge in [0.1, 0.15) is 11.7 Å². The number of nitrogens with zero attached hydrogens (tertiary/aromatic N) is 4. The Morgan fingerprint density at radius 2 is 2.18 bits per heavy atom. The number of rotatable bonds is 3. The van der Waals surface area contributed by atoms with Crippen molar-refractivity contribution in [3.05, 3.63) is 11.9 Å². The van der Waals surface area contributed by atoms with Crippen molar-refractivity contribution in [3.8, 4) is 0 Å². The number of aromatic nitrogens is 3. The Labute approximate surface area is 100 Å². The smallest absolute Gasteiger partial charge is 0.247 e. The maximum Gasteiger partial charge on any atom is 0.247 e. The van der Waals surface area contributed by atoms with E-state index < -0.39 is 0 Å². The molecule has 1 atom stereocenters. The van der Waals surface area contributed by atoms with Crippen LogP contribution in [0, 0.1) is 0 Å². The summed E-state index contributed by atoms with van der Waals surface area (Å²) in [5.74, 6) is 0.0825. The highest BCUT2D eigenvalue weighted by molar-refractivity contribution is 5.80. The number of likely N-dealkylation sites (tertiary alicyclic amines) is 1. The third-order valence-electron chi connectivity index (χ3n) is 3.14. The van der Waals surface area contributed by atoms with Crippen LogP contribution in [-0.2, 0) is 11.4 Å². The van der Waals surface area contributed by atoms with Gasteiger partial charge in [0, 0.05) is 13.1 Å². The predicted octanol–water partition coefficient (Wildman–Crippen LogP) is 0.344. The van der Waals surface area contributed by atoms with E-state index in [4.69, 9.17) is 5.11 Å². The van der Waals surface area contributed by atoms with Crippen LogP contribution in [0.5, 0.6) is 0 Å². The summed E-state index contributed by atoms with van der Waals surface area (Å²) in [4.78, 5) is 14.1. The standard InChI is InChI=1S/C11H18N4O2/c1-9(15-7-10(8-16)12-13-15)11(17)14-5-3-2-4-6-14/h7,9,16H,2-6,8H2,1H3. The van der Waals surface area contributed by atoms with Gasteiger partial charge in [0.05, 0.1) is 12.8 Å². The molecule has 1 aliphatic rings. The fourth-order valence-electron chi connectivity index (χ4n) is 2.07. The van der Waals surface area contributed by atoms with Crippen molar-refractivity contribution in [2.24, 2.45) is 0 Å². The Bertz CT molecular complexity index is 385. The SMILES string of the molecule is CC(C(=O)N1CCCCC1)n1cc(CO)nn1. The van der Waals surface area contributed by atoms with E-state index in [1.807, 2.05) is 11.8 Å². The summed E-state index contributed by atoms with van der Waals surface area (Å²) in [6.45, 7) is 3.34. The summed E-state index contributed by atoms with van der Waals surface area (Å²) in [6, 6.07) is -0.346. The molecule has 0 aliphatic carbocycles.